The number of aliphatic hydroxyl groups excluding tert-OH is 4. The van der Waals surface area contributed by atoms with E-state index < -0.39 is 61.1 Å². The lowest BCUT2D eigenvalue weighted by Crippen LogP contribution is -2.61. The smallest absolute Gasteiger partial charge is 0.347 e. The van der Waals surface area contributed by atoms with Crippen molar-refractivity contribution in [3.05, 3.63) is 40.4 Å². The molecule has 0 spiro atoms. The second kappa shape index (κ2) is 12.0. The van der Waals surface area contributed by atoms with Crippen LogP contribution in [-0.4, -0.2) is 89.0 Å². The molecule has 2 aliphatic heterocycles. The summed E-state index contributed by atoms with van der Waals surface area (Å²) in [6.45, 7) is 6.90. The largest absolute Gasteiger partial charge is 0.506 e. The first-order valence-electron chi connectivity index (χ1n) is 14.0. The van der Waals surface area contributed by atoms with Crippen LogP contribution >= 0.6 is 0 Å². The van der Waals surface area contributed by atoms with Gasteiger partial charge in [-0.25, -0.2) is 4.79 Å². The van der Waals surface area contributed by atoms with E-state index in [0.29, 0.717) is 22.3 Å². The Kier molecular flexibility index (Phi) is 8.68. The van der Waals surface area contributed by atoms with Gasteiger partial charge in [-0.2, -0.15) is 0 Å². The molecule has 2 aliphatic rings. The second-order valence-corrected chi connectivity index (χ2v) is 11.3. The van der Waals surface area contributed by atoms with Crippen molar-refractivity contribution >= 4 is 21.5 Å². The van der Waals surface area contributed by atoms with Crippen LogP contribution in [0.3, 0.4) is 0 Å². The van der Waals surface area contributed by atoms with E-state index in [9.17, 15) is 30.3 Å². The molecule has 3 aromatic rings. The Bertz CT molecular complexity index is 1480. The summed E-state index contributed by atoms with van der Waals surface area (Å²) < 4.78 is 34.0. The molecule has 2 aromatic carbocycles. The van der Waals surface area contributed by atoms with Gasteiger partial charge in [0.1, 0.15) is 46.7 Å². The van der Waals surface area contributed by atoms with E-state index in [-0.39, 0.29) is 40.9 Å². The molecule has 0 saturated carbocycles. The Morgan fingerprint density at radius 1 is 0.881 bits per heavy atom. The minimum Gasteiger partial charge on any atom is -0.506 e. The van der Waals surface area contributed by atoms with Crippen molar-refractivity contribution in [3.63, 3.8) is 0 Å². The molecule has 1 aromatic heterocycles. The first-order valence-corrected chi connectivity index (χ1v) is 14.0. The molecule has 0 aliphatic carbocycles. The minimum atomic E-state index is -1.59. The summed E-state index contributed by atoms with van der Waals surface area (Å²) in [5.74, 6) is 0.476. The molecule has 2 fully saturated rings. The van der Waals surface area contributed by atoms with Crippen molar-refractivity contribution in [3.8, 4) is 17.2 Å². The van der Waals surface area contributed by atoms with Gasteiger partial charge in [0, 0.05) is 12.0 Å². The molecule has 3 heterocycles. The molecular formula is C30H38O12. The van der Waals surface area contributed by atoms with Gasteiger partial charge in [0.25, 0.3) is 0 Å². The summed E-state index contributed by atoms with van der Waals surface area (Å²) in [6, 6.07) is 6.39. The van der Waals surface area contributed by atoms with Crippen LogP contribution in [0.25, 0.3) is 21.5 Å². The number of phenolic OH excluding ortho intramolecular Hbond substituents is 1. The molecule has 10 atom stereocenters. The number of aliphatic hydroxyl groups is 4. The van der Waals surface area contributed by atoms with Gasteiger partial charge in [-0.15, -0.1) is 0 Å². The van der Waals surface area contributed by atoms with Gasteiger partial charge in [0.05, 0.1) is 31.8 Å². The van der Waals surface area contributed by atoms with Crippen LogP contribution in [0.2, 0.25) is 0 Å². The van der Waals surface area contributed by atoms with Gasteiger partial charge in [-0.05, 0) is 47.7 Å². The minimum absolute atomic E-state index is 0.0166. The van der Waals surface area contributed by atoms with Gasteiger partial charge >= 0.3 is 5.63 Å². The van der Waals surface area contributed by atoms with E-state index >= 15 is 0 Å². The number of hydrogen-bond donors (Lipinski definition) is 5. The number of ether oxygens (including phenoxy) is 5. The molecule has 5 rings (SSSR count). The van der Waals surface area contributed by atoms with Crippen LogP contribution in [-0.2, 0) is 14.2 Å². The molecule has 0 radical (unpaired) electrons. The third kappa shape index (κ3) is 5.44. The summed E-state index contributed by atoms with van der Waals surface area (Å²) >= 11 is 0. The van der Waals surface area contributed by atoms with Crippen molar-refractivity contribution in [1.29, 1.82) is 0 Å². The highest BCUT2D eigenvalue weighted by Crippen LogP contribution is 2.42. The van der Waals surface area contributed by atoms with E-state index in [1.807, 2.05) is 20.8 Å². The number of aryl methyl sites for hydroxylation is 1. The lowest BCUT2D eigenvalue weighted by molar-refractivity contribution is -0.312. The fraction of sp³-hybridized carbons (Fsp3) is 0.567. The van der Waals surface area contributed by atoms with Gasteiger partial charge in [0.2, 0.25) is 0 Å². The zero-order valence-corrected chi connectivity index (χ0v) is 24.1. The number of rotatable bonds is 7. The average molecular weight is 591 g/mol. The molecule has 0 unspecified atom stereocenters. The zero-order valence-electron chi connectivity index (χ0n) is 24.1. The number of hydrogen-bond acceptors (Lipinski definition) is 12. The molecule has 12 nitrogen and oxygen atoms in total. The average Bonchev–Trinajstić information content (AvgIpc) is 2.95. The number of methoxy groups -OCH3 is 1. The summed E-state index contributed by atoms with van der Waals surface area (Å²) in [6.07, 6.45) is -8.41. The predicted octanol–water partition coefficient (Wildman–Crippen LogP) is 1.80. The van der Waals surface area contributed by atoms with E-state index in [2.05, 4.69) is 0 Å². The fourth-order valence-corrected chi connectivity index (χ4v) is 5.83. The van der Waals surface area contributed by atoms with Crippen LogP contribution < -0.4 is 15.1 Å². The van der Waals surface area contributed by atoms with Crippen molar-refractivity contribution in [2.24, 2.45) is 17.8 Å². The normalized spacial score (nSPS) is 33.6. The number of aromatic hydroxyl groups is 1. The Balaban J connectivity index is 1.42. The predicted molar refractivity (Wildman–Crippen MR) is 149 cm³/mol. The Hall–Kier alpha value is -2.97. The lowest BCUT2D eigenvalue weighted by atomic mass is 9.79. The Labute approximate surface area is 241 Å². The van der Waals surface area contributed by atoms with Crippen LogP contribution in [0.4, 0.5) is 0 Å². The fourth-order valence-electron chi connectivity index (χ4n) is 5.83. The summed E-state index contributed by atoms with van der Waals surface area (Å²) in [5.41, 5.74) is -0.733. The van der Waals surface area contributed by atoms with Crippen LogP contribution in [0.1, 0.15) is 26.5 Å². The Morgan fingerprint density at radius 3 is 2.29 bits per heavy atom. The van der Waals surface area contributed by atoms with Crippen molar-refractivity contribution in [1.82, 2.24) is 0 Å². The first-order chi connectivity index (χ1) is 19.9. The monoisotopic (exact) mass is 590 g/mol. The van der Waals surface area contributed by atoms with E-state index in [1.54, 1.807) is 25.1 Å². The zero-order chi connectivity index (χ0) is 30.5. The van der Waals surface area contributed by atoms with E-state index in [4.69, 9.17) is 28.1 Å². The summed E-state index contributed by atoms with van der Waals surface area (Å²) in [4.78, 5) is 12.6. The third-order valence-electron chi connectivity index (χ3n) is 8.75. The standard InChI is InChI=1S/C30H38O12/c1-12-6-16-7-17-8-18(37-5)9-19(22(17)24(32)23(16)29(36)39-12)40-27-20(10-31)42-30(26(34)25(27)33)38-11-21-14(3)13(2)15(4)28(35)41-21/h6-9,13-15,20-21,25-28,30-35H,10-11H2,1-5H3/t13-,14-,15+,20+,21-,25+,26+,27-,28+,30+/m0/s1. The van der Waals surface area contributed by atoms with Gasteiger partial charge in [0.15, 0.2) is 18.7 Å². The molecule has 0 bridgehead atoms. The molecule has 2 saturated heterocycles. The quantitative estimate of drug-likeness (QED) is 0.253. The SMILES string of the molecule is COc1cc(O[C@@H]2[C@H](O)[C@@H](O)[C@H](OC[C@@H]3O[C@@H](O)[C@H](C)[C@@H](C)[C@@H]3C)O[C@@H]2CO)c2c(O)c3c(=O)oc(C)cc3cc2c1. The number of benzene rings is 2. The maximum atomic E-state index is 12.6. The topological polar surface area (TPSA) is 178 Å². The highest BCUT2D eigenvalue weighted by Gasteiger charge is 2.47. The van der Waals surface area contributed by atoms with Crippen LogP contribution in [0.5, 0.6) is 17.2 Å². The molecule has 12 heteroatoms. The van der Waals surface area contributed by atoms with Crippen LogP contribution in [0.15, 0.2) is 33.5 Å². The van der Waals surface area contributed by atoms with E-state index in [1.165, 1.54) is 13.2 Å². The molecule has 230 valence electrons. The van der Waals surface area contributed by atoms with Gasteiger partial charge < -0.3 is 53.6 Å². The number of fused-ring (bicyclic) bond motifs is 2. The maximum Gasteiger partial charge on any atom is 0.347 e. The van der Waals surface area contributed by atoms with Gasteiger partial charge in [-0.3, -0.25) is 0 Å². The highest BCUT2D eigenvalue weighted by atomic mass is 16.7. The second-order valence-electron chi connectivity index (χ2n) is 11.3. The summed E-state index contributed by atoms with van der Waals surface area (Å²) in [5, 5.41) is 54.6. The lowest BCUT2D eigenvalue weighted by Gasteiger charge is -2.44. The van der Waals surface area contributed by atoms with Crippen molar-refractivity contribution < 1.29 is 53.6 Å². The summed E-state index contributed by atoms with van der Waals surface area (Å²) in [7, 11) is 1.45. The number of phenols is 1. The molecule has 42 heavy (non-hydrogen) atoms. The van der Waals surface area contributed by atoms with Crippen LogP contribution in [0, 0.1) is 24.7 Å². The van der Waals surface area contributed by atoms with Gasteiger partial charge in [-0.1, -0.05) is 20.8 Å². The first kappa shape index (κ1) is 30.5. The molecular weight excluding hydrogens is 552 g/mol. The van der Waals surface area contributed by atoms with E-state index in [0.717, 1.165) is 0 Å². The van der Waals surface area contributed by atoms with Crippen molar-refractivity contribution in [2.45, 2.75) is 70.8 Å². The third-order valence-corrected chi connectivity index (χ3v) is 8.75. The van der Waals surface area contributed by atoms with Crippen molar-refractivity contribution in [2.75, 3.05) is 20.3 Å². The Morgan fingerprint density at radius 2 is 1.60 bits per heavy atom. The molecule has 0 amide bonds. The highest BCUT2D eigenvalue weighted by molar-refractivity contribution is 6.07. The maximum absolute atomic E-state index is 12.6. The molecule has 5 N–H and O–H groups in total.